The topological polar surface area (TPSA) is 77.1 Å². The number of benzene rings is 1. The van der Waals surface area contributed by atoms with Gasteiger partial charge in [0.25, 0.3) is 5.91 Å². The molecule has 82 valence electrons. The second kappa shape index (κ2) is 3.79. The minimum Gasteiger partial charge on any atom is -0.290 e. The lowest BCUT2D eigenvalue weighted by atomic mass is 10.2. The van der Waals surface area contributed by atoms with Gasteiger partial charge in [-0.15, -0.1) is 0 Å². The fourth-order valence-corrected chi connectivity index (χ4v) is 1.70. The van der Waals surface area contributed by atoms with Gasteiger partial charge in [-0.1, -0.05) is 18.2 Å². The zero-order valence-electron chi connectivity index (χ0n) is 8.73. The number of aromatic nitrogens is 1. The molecule has 0 fully saturated rings. The standard InChI is InChI=1S/C11H11N3O2/c1-7(15)14-6-9(11(16)13-12)8-4-2-3-5-10(8)14/h2-6H,12H2,1H3,(H,13,16). The number of carbonyl (C=O) groups excluding carboxylic acids is 2. The lowest BCUT2D eigenvalue weighted by Gasteiger charge is -1.97. The molecule has 1 heterocycles. The summed E-state index contributed by atoms with van der Waals surface area (Å²) in [6, 6.07) is 7.18. The van der Waals surface area contributed by atoms with E-state index in [2.05, 4.69) is 5.43 Å². The first-order valence-corrected chi connectivity index (χ1v) is 4.77. The third kappa shape index (κ3) is 1.47. The molecule has 2 aromatic rings. The van der Waals surface area contributed by atoms with Gasteiger partial charge in [0.1, 0.15) is 0 Å². The summed E-state index contributed by atoms with van der Waals surface area (Å²) in [7, 11) is 0. The molecule has 1 aromatic heterocycles. The number of hydrogen-bond acceptors (Lipinski definition) is 3. The second-order valence-electron chi connectivity index (χ2n) is 3.42. The Morgan fingerprint density at radius 1 is 1.31 bits per heavy atom. The van der Waals surface area contributed by atoms with Crippen LogP contribution in [0.4, 0.5) is 0 Å². The Bertz CT molecular complexity index is 572. The molecule has 0 saturated heterocycles. The van der Waals surface area contributed by atoms with Gasteiger partial charge in [0.2, 0.25) is 5.91 Å². The maximum atomic E-state index is 11.5. The average molecular weight is 217 g/mol. The molecule has 0 unspecified atom stereocenters. The third-order valence-corrected chi connectivity index (χ3v) is 2.43. The summed E-state index contributed by atoms with van der Waals surface area (Å²) >= 11 is 0. The number of carbonyl (C=O) groups is 2. The fourth-order valence-electron chi connectivity index (χ4n) is 1.70. The van der Waals surface area contributed by atoms with Gasteiger partial charge < -0.3 is 0 Å². The van der Waals surface area contributed by atoms with Crippen molar-refractivity contribution in [3.63, 3.8) is 0 Å². The Kier molecular flexibility index (Phi) is 2.46. The number of fused-ring (bicyclic) bond motifs is 1. The first kappa shape index (κ1) is 10.4. The lowest BCUT2D eigenvalue weighted by Crippen LogP contribution is -2.29. The van der Waals surface area contributed by atoms with Crippen LogP contribution in [0.1, 0.15) is 22.1 Å². The van der Waals surface area contributed by atoms with Crippen LogP contribution in [-0.2, 0) is 0 Å². The summed E-state index contributed by atoms with van der Waals surface area (Å²) in [5.41, 5.74) is 3.16. The van der Waals surface area contributed by atoms with Gasteiger partial charge in [0, 0.05) is 18.5 Å². The van der Waals surface area contributed by atoms with Crippen molar-refractivity contribution in [2.45, 2.75) is 6.92 Å². The molecule has 0 atom stereocenters. The lowest BCUT2D eigenvalue weighted by molar-refractivity contribution is 0.0941. The van der Waals surface area contributed by atoms with E-state index >= 15 is 0 Å². The summed E-state index contributed by atoms with van der Waals surface area (Å²) in [5, 5.41) is 0.709. The molecule has 0 radical (unpaired) electrons. The van der Waals surface area contributed by atoms with Crippen LogP contribution >= 0.6 is 0 Å². The summed E-state index contributed by atoms with van der Waals surface area (Å²) in [4.78, 5) is 22.9. The van der Waals surface area contributed by atoms with Crippen molar-refractivity contribution >= 4 is 22.7 Å². The highest BCUT2D eigenvalue weighted by Crippen LogP contribution is 2.20. The number of amides is 1. The maximum Gasteiger partial charge on any atom is 0.267 e. The predicted molar refractivity (Wildman–Crippen MR) is 59.9 cm³/mol. The Morgan fingerprint density at radius 3 is 2.62 bits per heavy atom. The van der Waals surface area contributed by atoms with Crippen LogP contribution in [0.25, 0.3) is 10.9 Å². The van der Waals surface area contributed by atoms with Gasteiger partial charge in [-0.05, 0) is 6.07 Å². The molecule has 0 aliphatic heterocycles. The van der Waals surface area contributed by atoms with E-state index in [9.17, 15) is 9.59 Å². The van der Waals surface area contributed by atoms with Crippen molar-refractivity contribution in [2.75, 3.05) is 0 Å². The number of nitrogens with zero attached hydrogens (tertiary/aromatic N) is 1. The molecule has 0 aliphatic rings. The highest BCUT2D eigenvalue weighted by molar-refractivity contribution is 6.09. The Labute approximate surface area is 91.8 Å². The molecule has 5 heteroatoms. The highest BCUT2D eigenvalue weighted by Gasteiger charge is 2.15. The van der Waals surface area contributed by atoms with E-state index in [1.54, 1.807) is 18.2 Å². The molecular weight excluding hydrogens is 206 g/mol. The Hall–Kier alpha value is -2.14. The summed E-state index contributed by atoms with van der Waals surface area (Å²) < 4.78 is 1.43. The minimum absolute atomic E-state index is 0.146. The number of rotatable bonds is 1. The van der Waals surface area contributed by atoms with Crippen LogP contribution < -0.4 is 11.3 Å². The average Bonchev–Trinajstić information content (AvgIpc) is 2.67. The molecule has 0 saturated carbocycles. The number of para-hydroxylation sites is 1. The van der Waals surface area contributed by atoms with Crippen molar-refractivity contribution in [3.8, 4) is 0 Å². The maximum absolute atomic E-state index is 11.5. The van der Waals surface area contributed by atoms with Crippen LogP contribution in [0.15, 0.2) is 30.5 Å². The van der Waals surface area contributed by atoms with Crippen LogP contribution in [0.3, 0.4) is 0 Å². The largest absolute Gasteiger partial charge is 0.290 e. The van der Waals surface area contributed by atoms with Gasteiger partial charge >= 0.3 is 0 Å². The van der Waals surface area contributed by atoms with Gasteiger partial charge in [-0.25, -0.2) is 5.84 Å². The summed E-state index contributed by atoms with van der Waals surface area (Å²) in [6.45, 7) is 1.44. The van der Waals surface area contributed by atoms with Gasteiger partial charge in [-0.2, -0.15) is 0 Å². The minimum atomic E-state index is -0.406. The summed E-state index contributed by atoms with van der Waals surface area (Å²) in [6.07, 6.45) is 1.50. The molecule has 1 amide bonds. The number of nitrogens with one attached hydrogen (secondary N) is 1. The molecule has 5 nitrogen and oxygen atoms in total. The highest BCUT2D eigenvalue weighted by atomic mass is 16.2. The van der Waals surface area contributed by atoms with Crippen molar-refractivity contribution < 1.29 is 9.59 Å². The predicted octanol–water partition coefficient (Wildman–Crippen LogP) is 0.905. The molecule has 16 heavy (non-hydrogen) atoms. The van der Waals surface area contributed by atoms with E-state index in [4.69, 9.17) is 5.84 Å². The van der Waals surface area contributed by atoms with Crippen molar-refractivity contribution in [2.24, 2.45) is 5.84 Å². The molecule has 1 aromatic carbocycles. The molecule has 0 bridgehead atoms. The number of hydrogen-bond donors (Lipinski definition) is 2. The number of hydrazine groups is 1. The zero-order chi connectivity index (χ0) is 11.7. The van der Waals surface area contributed by atoms with Crippen LogP contribution in [-0.4, -0.2) is 16.4 Å². The quantitative estimate of drug-likeness (QED) is 0.423. The van der Waals surface area contributed by atoms with Crippen LogP contribution in [0.2, 0.25) is 0 Å². The van der Waals surface area contributed by atoms with E-state index in [1.807, 2.05) is 6.07 Å². The van der Waals surface area contributed by atoms with Gasteiger partial charge in [-0.3, -0.25) is 19.6 Å². The molecular formula is C11H11N3O2. The molecule has 0 spiro atoms. The van der Waals surface area contributed by atoms with E-state index in [1.165, 1.54) is 17.7 Å². The van der Waals surface area contributed by atoms with Gasteiger partial charge in [0.15, 0.2) is 0 Å². The SMILES string of the molecule is CC(=O)n1cc(C(=O)NN)c2ccccc21. The van der Waals surface area contributed by atoms with E-state index in [0.717, 1.165) is 0 Å². The Balaban J connectivity index is 2.76. The zero-order valence-corrected chi connectivity index (χ0v) is 8.73. The first-order valence-electron chi connectivity index (χ1n) is 4.77. The van der Waals surface area contributed by atoms with Crippen LogP contribution in [0, 0.1) is 0 Å². The summed E-state index contributed by atoms with van der Waals surface area (Å²) in [5.74, 6) is 4.53. The normalized spacial score (nSPS) is 10.4. The number of nitrogens with two attached hydrogens (primary N) is 1. The van der Waals surface area contributed by atoms with E-state index < -0.39 is 5.91 Å². The molecule has 0 aliphatic carbocycles. The second-order valence-corrected chi connectivity index (χ2v) is 3.42. The number of nitrogen functional groups attached to an aromatic ring is 1. The van der Waals surface area contributed by atoms with E-state index in [0.29, 0.717) is 16.5 Å². The van der Waals surface area contributed by atoms with Crippen molar-refractivity contribution in [1.82, 2.24) is 9.99 Å². The molecule has 3 N–H and O–H groups in total. The monoisotopic (exact) mass is 217 g/mol. The van der Waals surface area contributed by atoms with Crippen molar-refractivity contribution in [1.29, 1.82) is 0 Å². The molecule has 2 rings (SSSR count). The van der Waals surface area contributed by atoms with E-state index in [-0.39, 0.29) is 5.91 Å². The van der Waals surface area contributed by atoms with Crippen molar-refractivity contribution in [3.05, 3.63) is 36.0 Å². The smallest absolute Gasteiger partial charge is 0.267 e. The van der Waals surface area contributed by atoms with Gasteiger partial charge in [0.05, 0.1) is 11.1 Å². The third-order valence-electron chi connectivity index (χ3n) is 2.43. The Morgan fingerprint density at radius 2 is 2.00 bits per heavy atom. The fraction of sp³-hybridized carbons (Fsp3) is 0.0909. The first-order chi connectivity index (χ1) is 7.65. The van der Waals surface area contributed by atoms with Crippen LogP contribution in [0.5, 0.6) is 0 Å².